The largest absolute Gasteiger partial charge is 0.339 e. The number of aromatic nitrogens is 2. The summed E-state index contributed by atoms with van der Waals surface area (Å²) in [5.41, 5.74) is 4.06. The summed E-state index contributed by atoms with van der Waals surface area (Å²) in [4.78, 5) is 22.9. The monoisotopic (exact) mass is 354 g/mol. The van der Waals surface area contributed by atoms with Crippen LogP contribution in [0.2, 0.25) is 0 Å². The Balaban J connectivity index is 2.31. The average molecular weight is 354 g/mol. The fourth-order valence-corrected chi connectivity index (χ4v) is 3.00. The van der Waals surface area contributed by atoms with Crippen molar-refractivity contribution < 1.29 is 4.79 Å². The molecule has 0 radical (unpaired) electrons. The molecule has 0 spiro atoms. The molecule has 26 heavy (non-hydrogen) atoms. The van der Waals surface area contributed by atoms with Crippen molar-refractivity contribution in [3.63, 3.8) is 0 Å². The number of anilines is 2. The van der Waals surface area contributed by atoms with Gasteiger partial charge in [-0.2, -0.15) is 0 Å². The van der Waals surface area contributed by atoms with E-state index in [1.807, 2.05) is 13.8 Å². The Labute approximate surface area is 156 Å². The predicted molar refractivity (Wildman–Crippen MR) is 107 cm³/mol. The van der Waals surface area contributed by atoms with Gasteiger partial charge in [-0.1, -0.05) is 45.9 Å². The highest BCUT2D eigenvalue weighted by molar-refractivity contribution is 5.93. The van der Waals surface area contributed by atoms with Gasteiger partial charge >= 0.3 is 0 Å². The molecular formula is C21H30N4O. The lowest BCUT2D eigenvalue weighted by atomic mass is 9.93. The third-order valence-corrected chi connectivity index (χ3v) is 4.56. The summed E-state index contributed by atoms with van der Waals surface area (Å²) in [5, 5.41) is 3.38. The second-order valence-electron chi connectivity index (χ2n) is 7.02. The third-order valence-electron chi connectivity index (χ3n) is 4.56. The highest BCUT2D eigenvalue weighted by atomic mass is 16.2. The number of nitrogens with zero attached hydrogens (tertiary/aromatic N) is 3. The van der Waals surface area contributed by atoms with Crippen LogP contribution in [0.4, 0.5) is 11.6 Å². The lowest BCUT2D eigenvalue weighted by Crippen LogP contribution is -2.30. The fourth-order valence-electron chi connectivity index (χ4n) is 3.00. The molecule has 0 saturated heterocycles. The van der Waals surface area contributed by atoms with Crippen LogP contribution in [0.1, 0.15) is 74.9 Å². The average Bonchev–Trinajstić information content (AvgIpc) is 2.63. The normalized spacial score (nSPS) is 11.1. The zero-order chi connectivity index (χ0) is 19.3. The lowest BCUT2D eigenvalue weighted by Gasteiger charge is -2.20. The van der Waals surface area contributed by atoms with E-state index in [0.717, 1.165) is 5.69 Å². The van der Waals surface area contributed by atoms with Gasteiger partial charge in [0.15, 0.2) is 0 Å². The molecule has 2 aromatic rings. The zero-order valence-corrected chi connectivity index (χ0v) is 16.7. The molecular weight excluding hydrogens is 324 g/mol. The first-order chi connectivity index (χ1) is 12.4. The molecule has 0 unspecified atom stereocenters. The van der Waals surface area contributed by atoms with Crippen LogP contribution in [-0.2, 0) is 0 Å². The van der Waals surface area contributed by atoms with E-state index in [4.69, 9.17) is 0 Å². The first-order valence-electron chi connectivity index (χ1n) is 9.40. The summed E-state index contributed by atoms with van der Waals surface area (Å²) in [6, 6.07) is 6.37. The zero-order valence-electron chi connectivity index (χ0n) is 16.7. The van der Waals surface area contributed by atoms with Crippen LogP contribution in [-0.4, -0.2) is 33.9 Å². The van der Waals surface area contributed by atoms with Crippen LogP contribution in [0.5, 0.6) is 0 Å². The number of carbonyl (C=O) groups excluding carboxylic acids is 1. The minimum Gasteiger partial charge on any atom is -0.339 e. The molecule has 1 aromatic carbocycles. The number of rotatable bonds is 7. The maximum atomic E-state index is 12.4. The molecule has 1 N–H and O–H groups in total. The van der Waals surface area contributed by atoms with Gasteiger partial charge in [0.05, 0.1) is 5.56 Å². The van der Waals surface area contributed by atoms with Crippen molar-refractivity contribution in [3.8, 4) is 0 Å². The van der Waals surface area contributed by atoms with E-state index in [2.05, 4.69) is 61.2 Å². The summed E-state index contributed by atoms with van der Waals surface area (Å²) in [5.74, 6) is 1.25. The minimum absolute atomic E-state index is 0.0352. The Kier molecular flexibility index (Phi) is 6.72. The Morgan fingerprint density at radius 3 is 1.92 bits per heavy atom. The van der Waals surface area contributed by atoms with Crippen LogP contribution in [0.3, 0.4) is 0 Å². The molecule has 0 bridgehead atoms. The van der Waals surface area contributed by atoms with Crippen LogP contribution in [0.15, 0.2) is 30.6 Å². The fraction of sp³-hybridized carbons (Fsp3) is 0.476. The summed E-state index contributed by atoms with van der Waals surface area (Å²) in [6.45, 7) is 14.0. The molecule has 0 aliphatic rings. The first-order valence-corrected chi connectivity index (χ1v) is 9.40. The molecule has 2 rings (SSSR count). The van der Waals surface area contributed by atoms with Gasteiger partial charge in [-0.05, 0) is 36.8 Å². The Morgan fingerprint density at radius 1 is 1.00 bits per heavy atom. The van der Waals surface area contributed by atoms with Gasteiger partial charge in [0.1, 0.15) is 0 Å². The quantitative estimate of drug-likeness (QED) is 0.764. The third kappa shape index (κ3) is 4.40. The van der Waals surface area contributed by atoms with Gasteiger partial charge in [-0.25, -0.2) is 9.97 Å². The van der Waals surface area contributed by atoms with Gasteiger partial charge in [0.25, 0.3) is 5.91 Å². The molecule has 140 valence electrons. The van der Waals surface area contributed by atoms with Crippen LogP contribution >= 0.6 is 0 Å². The van der Waals surface area contributed by atoms with E-state index in [0.29, 0.717) is 36.4 Å². The highest BCUT2D eigenvalue weighted by Crippen LogP contribution is 2.33. The van der Waals surface area contributed by atoms with Crippen molar-refractivity contribution in [2.45, 2.75) is 53.4 Å². The van der Waals surface area contributed by atoms with E-state index < -0.39 is 0 Å². The second kappa shape index (κ2) is 8.79. The molecule has 1 aromatic heterocycles. The number of benzene rings is 1. The number of amides is 1. The van der Waals surface area contributed by atoms with Gasteiger partial charge in [-0.15, -0.1) is 0 Å². The SMILES string of the molecule is CCN(CC)C(=O)c1cnc(Nc2c(C(C)C)cccc2C(C)C)nc1. The van der Waals surface area contributed by atoms with Crippen molar-refractivity contribution >= 4 is 17.5 Å². The topological polar surface area (TPSA) is 58.1 Å². The van der Waals surface area contributed by atoms with Gasteiger partial charge in [-0.3, -0.25) is 4.79 Å². The van der Waals surface area contributed by atoms with Crippen molar-refractivity contribution in [2.75, 3.05) is 18.4 Å². The Morgan fingerprint density at radius 2 is 1.50 bits per heavy atom. The second-order valence-corrected chi connectivity index (χ2v) is 7.02. The molecule has 5 nitrogen and oxygen atoms in total. The van der Waals surface area contributed by atoms with Crippen molar-refractivity contribution in [2.24, 2.45) is 0 Å². The molecule has 0 aliphatic carbocycles. The smallest absolute Gasteiger partial charge is 0.256 e. The first kappa shape index (κ1) is 19.9. The van der Waals surface area contributed by atoms with E-state index in [1.54, 1.807) is 17.3 Å². The molecule has 0 saturated carbocycles. The number of nitrogens with one attached hydrogen (secondary N) is 1. The van der Waals surface area contributed by atoms with Gasteiger partial charge in [0, 0.05) is 31.2 Å². The summed E-state index contributed by atoms with van der Waals surface area (Å²) < 4.78 is 0. The molecule has 0 fully saturated rings. The van der Waals surface area contributed by atoms with E-state index in [1.165, 1.54) is 11.1 Å². The van der Waals surface area contributed by atoms with Gasteiger partial charge < -0.3 is 10.2 Å². The maximum Gasteiger partial charge on any atom is 0.256 e. The number of carbonyl (C=O) groups is 1. The van der Waals surface area contributed by atoms with E-state index >= 15 is 0 Å². The van der Waals surface area contributed by atoms with Crippen molar-refractivity contribution in [1.29, 1.82) is 0 Å². The summed E-state index contributed by atoms with van der Waals surface area (Å²) in [7, 11) is 0. The molecule has 0 aliphatic heterocycles. The van der Waals surface area contributed by atoms with Crippen LogP contribution in [0.25, 0.3) is 0 Å². The molecule has 5 heteroatoms. The Hall–Kier alpha value is -2.43. The number of hydrogen-bond donors (Lipinski definition) is 1. The number of para-hydroxylation sites is 1. The van der Waals surface area contributed by atoms with E-state index in [9.17, 15) is 4.79 Å². The summed E-state index contributed by atoms with van der Waals surface area (Å²) >= 11 is 0. The maximum absolute atomic E-state index is 12.4. The van der Waals surface area contributed by atoms with E-state index in [-0.39, 0.29) is 5.91 Å². The predicted octanol–water partition coefficient (Wildman–Crippen LogP) is 4.95. The Bertz CT molecular complexity index is 708. The minimum atomic E-state index is -0.0352. The lowest BCUT2D eigenvalue weighted by molar-refractivity contribution is 0.0772. The standard InChI is InChI=1S/C21H30N4O/c1-7-25(8-2)20(26)16-12-22-21(23-13-16)24-19-17(14(3)4)10-9-11-18(19)15(5)6/h9-15H,7-8H2,1-6H3,(H,22,23,24). The van der Waals surface area contributed by atoms with Crippen molar-refractivity contribution in [1.82, 2.24) is 14.9 Å². The van der Waals surface area contributed by atoms with Crippen LogP contribution < -0.4 is 5.32 Å². The summed E-state index contributed by atoms with van der Waals surface area (Å²) in [6.07, 6.45) is 3.20. The molecule has 1 heterocycles. The molecule has 1 amide bonds. The number of hydrogen-bond acceptors (Lipinski definition) is 4. The molecule has 0 atom stereocenters. The highest BCUT2D eigenvalue weighted by Gasteiger charge is 2.16. The van der Waals surface area contributed by atoms with Crippen LogP contribution in [0, 0.1) is 0 Å². The van der Waals surface area contributed by atoms with Gasteiger partial charge in [0.2, 0.25) is 5.95 Å². The van der Waals surface area contributed by atoms with Crippen molar-refractivity contribution in [3.05, 3.63) is 47.3 Å².